The number of carboxylic acid groups (broad SMARTS) is 1. The molecule has 0 saturated carbocycles. The van der Waals surface area contributed by atoms with Crippen molar-refractivity contribution in [2.24, 2.45) is 0 Å². The maximum absolute atomic E-state index is 12.0. The molecule has 1 saturated heterocycles. The first kappa shape index (κ1) is 13.4. The first-order chi connectivity index (χ1) is 9.00. The van der Waals surface area contributed by atoms with Crippen molar-refractivity contribution < 1.29 is 19.5 Å². The summed E-state index contributed by atoms with van der Waals surface area (Å²) in [5, 5.41) is 8.33. The average molecular weight is 277 g/mol. The molecule has 0 spiro atoms. The van der Waals surface area contributed by atoms with Crippen molar-refractivity contribution in [3.8, 4) is 0 Å². The number of amides is 2. The van der Waals surface area contributed by atoms with E-state index < -0.39 is 23.2 Å². The predicted octanol–water partition coefficient (Wildman–Crippen LogP) is 2.20. The molecule has 1 aromatic carbocycles. The van der Waals surface area contributed by atoms with Crippen LogP contribution in [0.5, 0.6) is 0 Å². The first-order valence-electron chi connectivity index (χ1n) is 5.55. The van der Waals surface area contributed by atoms with E-state index in [1.165, 1.54) is 6.92 Å². The lowest BCUT2D eigenvalue weighted by Gasteiger charge is -2.16. The van der Waals surface area contributed by atoms with Crippen molar-refractivity contribution >= 4 is 35.0 Å². The molecule has 1 aliphatic rings. The number of aliphatic carboxylic acids is 1. The van der Waals surface area contributed by atoms with Gasteiger partial charge < -0.3 is 5.11 Å². The SMILES string of the molecule is CC(C(=O)O)N1C(=O)S/C(=C/c2ccccc2)C1=O. The van der Waals surface area contributed by atoms with Crippen molar-refractivity contribution in [2.45, 2.75) is 13.0 Å². The molecule has 6 heteroatoms. The highest BCUT2D eigenvalue weighted by molar-refractivity contribution is 8.18. The molecule has 1 aliphatic heterocycles. The highest BCUT2D eigenvalue weighted by Crippen LogP contribution is 2.33. The molecule has 0 aromatic heterocycles. The molecule has 1 unspecified atom stereocenters. The lowest BCUT2D eigenvalue weighted by Crippen LogP contribution is -2.41. The lowest BCUT2D eigenvalue weighted by atomic mass is 10.2. The van der Waals surface area contributed by atoms with Gasteiger partial charge in [-0.05, 0) is 30.3 Å². The van der Waals surface area contributed by atoms with E-state index in [1.807, 2.05) is 18.2 Å². The van der Waals surface area contributed by atoms with Crippen molar-refractivity contribution in [3.05, 3.63) is 40.8 Å². The van der Waals surface area contributed by atoms with Gasteiger partial charge in [-0.1, -0.05) is 30.3 Å². The van der Waals surface area contributed by atoms with Gasteiger partial charge in [0.05, 0.1) is 4.91 Å². The van der Waals surface area contributed by atoms with Gasteiger partial charge in [0, 0.05) is 0 Å². The third-order valence-electron chi connectivity index (χ3n) is 2.67. The Kier molecular flexibility index (Phi) is 3.71. The van der Waals surface area contributed by atoms with Gasteiger partial charge >= 0.3 is 5.97 Å². The predicted molar refractivity (Wildman–Crippen MR) is 71.3 cm³/mol. The zero-order chi connectivity index (χ0) is 14.0. The minimum absolute atomic E-state index is 0.240. The first-order valence-corrected chi connectivity index (χ1v) is 6.37. The fourth-order valence-electron chi connectivity index (χ4n) is 1.62. The summed E-state index contributed by atoms with van der Waals surface area (Å²) in [5.41, 5.74) is 0.788. The smallest absolute Gasteiger partial charge is 0.326 e. The third-order valence-corrected chi connectivity index (χ3v) is 3.55. The number of nitrogens with zero attached hydrogens (tertiary/aromatic N) is 1. The van der Waals surface area contributed by atoms with E-state index in [4.69, 9.17) is 5.11 Å². The van der Waals surface area contributed by atoms with E-state index in [0.717, 1.165) is 22.2 Å². The molecule has 5 nitrogen and oxygen atoms in total. The summed E-state index contributed by atoms with van der Waals surface area (Å²) >= 11 is 0.758. The second-order valence-electron chi connectivity index (χ2n) is 3.98. The highest BCUT2D eigenvalue weighted by atomic mass is 32.2. The number of hydrogen-bond donors (Lipinski definition) is 1. The van der Waals surface area contributed by atoms with E-state index in [9.17, 15) is 14.4 Å². The molecule has 1 fully saturated rings. The number of imide groups is 1. The number of carboxylic acids is 1. The van der Waals surface area contributed by atoms with Crippen LogP contribution < -0.4 is 0 Å². The number of carbonyl (C=O) groups excluding carboxylic acids is 2. The Morgan fingerprint density at radius 2 is 1.95 bits per heavy atom. The van der Waals surface area contributed by atoms with Crippen LogP contribution in [0.25, 0.3) is 6.08 Å². The van der Waals surface area contributed by atoms with Crippen molar-refractivity contribution in [3.63, 3.8) is 0 Å². The fourth-order valence-corrected chi connectivity index (χ4v) is 2.53. The summed E-state index contributed by atoms with van der Waals surface area (Å²) in [6.07, 6.45) is 1.58. The van der Waals surface area contributed by atoms with Crippen LogP contribution in [0.4, 0.5) is 4.79 Å². The molecule has 1 heterocycles. The fraction of sp³-hybridized carbons (Fsp3) is 0.154. The zero-order valence-corrected chi connectivity index (χ0v) is 10.9. The minimum atomic E-state index is -1.21. The van der Waals surface area contributed by atoms with Crippen molar-refractivity contribution in [1.29, 1.82) is 0 Å². The average Bonchev–Trinajstić information content (AvgIpc) is 2.65. The normalized spacial score (nSPS) is 19.0. The topological polar surface area (TPSA) is 74.7 Å². The maximum Gasteiger partial charge on any atom is 0.326 e. The molecule has 1 N–H and O–H groups in total. The number of benzene rings is 1. The second-order valence-corrected chi connectivity index (χ2v) is 4.97. The van der Waals surface area contributed by atoms with Crippen LogP contribution in [-0.2, 0) is 9.59 Å². The summed E-state index contributed by atoms with van der Waals surface area (Å²) in [5.74, 6) is -1.77. The van der Waals surface area contributed by atoms with E-state index in [2.05, 4.69) is 0 Å². The Balaban J connectivity index is 2.28. The van der Waals surface area contributed by atoms with Crippen molar-refractivity contribution in [1.82, 2.24) is 4.90 Å². The Morgan fingerprint density at radius 1 is 1.32 bits per heavy atom. The molecular formula is C13H11NO4S. The molecule has 2 rings (SSSR count). The molecule has 1 atom stereocenters. The van der Waals surface area contributed by atoms with Gasteiger partial charge in [-0.25, -0.2) is 4.79 Å². The van der Waals surface area contributed by atoms with Gasteiger partial charge in [-0.3, -0.25) is 14.5 Å². The van der Waals surface area contributed by atoms with Gasteiger partial charge in [0.1, 0.15) is 6.04 Å². The summed E-state index contributed by atoms with van der Waals surface area (Å²) in [6, 6.07) is 7.92. The Hall–Kier alpha value is -2.08. The minimum Gasteiger partial charge on any atom is -0.480 e. The maximum atomic E-state index is 12.0. The molecule has 19 heavy (non-hydrogen) atoms. The molecule has 1 aromatic rings. The number of thioether (sulfide) groups is 1. The van der Waals surface area contributed by atoms with Crippen LogP contribution in [0.1, 0.15) is 12.5 Å². The summed E-state index contributed by atoms with van der Waals surface area (Å²) in [6.45, 7) is 1.31. The number of rotatable bonds is 3. The van der Waals surface area contributed by atoms with Crippen molar-refractivity contribution in [2.75, 3.05) is 0 Å². The van der Waals surface area contributed by atoms with Gasteiger partial charge in [0.15, 0.2) is 0 Å². The Labute approximate surface area is 113 Å². The second kappa shape index (κ2) is 5.27. The van der Waals surface area contributed by atoms with E-state index in [1.54, 1.807) is 18.2 Å². The molecule has 2 amide bonds. The summed E-state index contributed by atoms with van der Waals surface area (Å²) < 4.78 is 0. The lowest BCUT2D eigenvalue weighted by molar-refractivity contribution is -0.145. The molecule has 98 valence electrons. The highest BCUT2D eigenvalue weighted by Gasteiger charge is 2.40. The van der Waals surface area contributed by atoms with Gasteiger partial charge in [0.25, 0.3) is 11.1 Å². The van der Waals surface area contributed by atoms with E-state index in [-0.39, 0.29) is 4.91 Å². The quantitative estimate of drug-likeness (QED) is 0.857. The number of hydrogen-bond acceptors (Lipinski definition) is 4. The molecular weight excluding hydrogens is 266 g/mol. The van der Waals surface area contributed by atoms with Crippen LogP contribution in [0.3, 0.4) is 0 Å². The standard InChI is InChI=1S/C13H11NO4S/c1-8(12(16)17)14-11(15)10(19-13(14)18)7-9-5-3-2-4-6-9/h2-8H,1H3,(H,16,17)/b10-7+. The van der Waals surface area contributed by atoms with Gasteiger partial charge in [-0.2, -0.15) is 0 Å². The monoisotopic (exact) mass is 277 g/mol. The largest absolute Gasteiger partial charge is 0.480 e. The summed E-state index contributed by atoms with van der Waals surface area (Å²) in [4.78, 5) is 35.6. The van der Waals surface area contributed by atoms with E-state index in [0.29, 0.717) is 0 Å². The van der Waals surface area contributed by atoms with Gasteiger partial charge in [-0.15, -0.1) is 0 Å². The van der Waals surface area contributed by atoms with Crippen LogP contribution >= 0.6 is 11.8 Å². The van der Waals surface area contributed by atoms with Crippen LogP contribution in [0.2, 0.25) is 0 Å². The summed E-state index contributed by atoms with van der Waals surface area (Å²) in [7, 11) is 0. The molecule has 0 radical (unpaired) electrons. The van der Waals surface area contributed by atoms with Crippen LogP contribution in [-0.4, -0.2) is 33.2 Å². The van der Waals surface area contributed by atoms with Crippen LogP contribution in [0, 0.1) is 0 Å². The Bertz CT molecular complexity index is 567. The molecule has 0 aliphatic carbocycles. The van der Waals surface area contributed by atoms with Gasteiger partial charge in [0.2, 0.25) is 0 Å². The van der Waals surface area contributed by atoms with Crippen LogP contribution in [0.15, 0.2) is 35.2 Å². The number of carbonyl (C=O) groups is 3. The molecule has 0 bridgehead atoms. The third kappa shape index (κ3) is 2.68. The zero-order valence-electron chi connectivity index (χ0n) is 10.1. The van der Waals surface area contributed by atoms with E-state index >= 15 is 0 Å². The Morgan fingerprint density at radius 3 is 2.53 bits per heavy atom.